The summed E-state index contributed by atoms with van der Waals surface area (Å²) in [5.74, 6) is -1.74. The molecule has 19 heavy (non-hydrogen) atoms. The molecule has 1 aliphatic rings. The number of hydrogen-bond donors (Lipinski definition) is 2. The standard InChI is InChI=1S/C11H14F2N2O2S.ClH/c12-8-3-4-10(13)11(6-8)18(16,17)15-7-9-2-1-5-14-9;/h3-4,6,9,14-15H,1-2,5,7H2;1H. The van der Waals surface area contributed by atoms with Crippen molar-refractivity contribution in [2.75, 3.05) is 13.1 Å². The quantitative estimate of drug-likeness (QED) is 0.884. The number of nitrogens with one attached hydrogen (secondary N) is 2. The molecule has 0 radical (unpaired) electrons. The average Bonchev–Trinajstić information content (AvgIpc) is 2.83. The third-order valence-corrected chi connectivity index (χ3v) is 4.30. The van der Waals surface area contributed by atoms with Gasteiger partial charge in [0.15, 0.2) is 0 Å². The Morgan fingerprint density at radius 2 is 2.11 bits per heavy atom. The van der Waals surface area contributed by atoms with E-state index in [-0.39, 0.29) is 25.0 Å². The first-order valence-electron chi connectivity index (χ1n) is 5.67. The lowest BCUT2D eigenvalue weighted by atomic mass is 10.2. The van der Waals surface area contributed by atoms with Gasteiger partial charge in [0.1, 0.15) is 16.5 Å². The van der Waals surface area contributed by atoms with Gasteiger partial charge in [0, 0.05) is 12.6 Å². The van der Waals surface area contributed by atoms with Gasteiger partial charge in [0.25, 0.3) is 0 Å². The van der Waals surface area contributed by atoms with Crippen molar-refractivity contribution in [3.05, 3.63) is 29.8 Å². The predicted octanol–water partition coefficient (Wildman–Crippen LogP) is 1.42. The number of sulfonamides is 1. The van der Waals surface area contributed by atoms with E-state index in [9.17, 15) is 17.2 Å². The summed E-state index contributed by atoms with van der Waals surface area (Å²) in [5, 5.41) is 3.11. The number of benzene rings is 1. The monoisotopic (exact) mass is 312 g/mol. The maximum absolute atomic E-state index is 13.4. The molecular formula is C11H15ClF2N2O2S. The number of rotatable bonds is 4. The highest BCUT2D eigenvalue weighted by Crippen LogP contribution is 2.15. The van der Waals surface area contributed by atoms with Crippen LogP contribution in [0.15, 0.2) is 23.1 Å². The molecule has 2 N–H and O–H groups in total. The van der Waals surface area contributed by atoms with E-state index in [0.29, 0.717) is 6.07 Å². The molecule has 1 aromatic carbocycles. The Kier molecular flexibility index (Phi) is 5.66. The highest BCUT2D eigenvalue weighted by atomic mass is 35.5. The molecule has 0 aliphatic carbocycles. The van der Waals surface area contributed by atoms with E-state index < -0.39 is 26.6 Å². The van der Waals surface area contributed by atoms with Crippen molar-refractivity contribution < 1.29 is 17.2 Å². The molecule has 0 saturated carbocycles. The molecule has 1 unspecified atom stereocenters. The minimum absolute atomic E-state index is 0. The summed E-state index contributed by atoms with van der Waals surface area (Å²) in [6.07, 6.45) is 1.86. The van der Waals surface area contributed by atoms with E-state index in [4.69, 9.17) is 0 Å². The van der Waals surface area contributed by atoms with Gasteiger partial charge in [-0.05, 0) is 37.6 Å². The van der Waals surface area contributed by atoms with Gasteiger partial charge in [-0.1, -0.05) is 0 Å². The highest BCUT2D eigenvalue weighted by Gasteiger charge is 2.22. The van der Waals surface area contributed by atoms with Crippen molar-refractivity contribution in [1.82, 2.24) is 10.0 Å². The molecule has 1 heterocycles. The van der Waals surface area contributed by atoms with Crippen LogP contribution in [0.3, 0.4) is 0 Å². The summed E-state index contributed by atoms with van der Waals surface area (Å²) in [5.41, 5.74) is 0. The van der Waals surface area contributed by atoms with Crippen LogP contribution in [0.5, 0.6) is 0 Å². The fraction of sp³-hybridized carbons (Fsp3) is 0.455. The fourth-order valence-electron chi connectivity index (χ4n) is 1.90. The van der Waals surface area contributed by atoms with Crippen LogP contribution >= 0.6 is 12.4 Å². The second-order valence-corrected chi connectivity index (χ2v) is 5.96. The highest BCUT2D eigenvalue weighted by molar-refractivity contribution is 7.89. The van der Waals surface area contributed by atoms with Crippen molar-refractivity contribution >= 4 is 22.4 Å². The van der Waals surface area contributed by atoms with Crippen LogP contribution in [-0.2, 0) is 10.0 Å². The van der Waals surface area contributed by atoms with Crippen molar-refractivity contribution in [2.24, 2.45) is 0 Å². The van der Waals surface area contributed by atoms with Gasteiger partial charge >= 0.3 is 0 Å². The maximum Gasteiger partial charge on any atom is 0.243 e. The van der Waals surface area contributed by atoms with Gasteiger partial charge in [-0.15, -0.1) is 12.4 Å². The zero-order chi connectivity index (χ0) is 13.2. The van der Waals surface area contributed by atoms with E-state index in [1.165, 1.54) is 0 Å². The average molecular weight is 313 g/mol. The zero-order valence-corrected chi connectivity index (χ0v) is 11.7. The number of halogens is 3. The Morgan fingerprint density at radius 1 is 1.37 bits per heavy atom. The molecule has 8 heteroatoms. The molecule has 4 nitrogen and oxygen atoms in total. The Labute approximate surface area is 117 Å². The topological polar surface area (TPSA) is 58.2 Å². The van der Waals surface area contributed by atoms with Gasteiger partial charge in [0.05, 0.1) is 0 Å². The Bertz CT molecular complexity index is 533. The first-order chi connectivity index (χ1) is 8.49. The van der Waals surface area contributed by atoms with Crippen molar-refractivity contribution in [3.63, 3.8) is 0 Å². The summed E-state index contributed by atoms with van der Waals surface area (Å²) in [6, 6.07) is 2.42. The van der Waals surface area contributed by atoms with Crippen LogP contribution in [0.4, 0.5) is 8.78 Å². The number of hydrogen-bond acceptors (Lipinski definition) is 3. The largest absolute Gasteiger partial charge is 0.313 e. The summed E-state index contributed by atoms with van der Waals surface area (Å²) >= 11 is 0. The SMILES string of the molecule is Cl.O=S(=O)(NCC1CCCN1)c1cc(F)ccc1F. The lowest BCUT2D eigenvalue weighted by molar-refractivity contribution is 0.532. The van der Waals surface area contributed by atoms with Crippen molar-refractivity contribution in [3.8, 4) is 0 Å². The molecule has 1 aliphatic heterocycles. The van der Waals surface area contributed by atoms with Crippen molar-refractivity contribution in [2.45, 2.75) is 23.8 Å². The van der Waals surface area contributed by atoms with E-state index in [0.717, 1.165) is 31.5 Å². The molecular weight excluding hydrogens is 298 g/mol. The zero-order valence-electron chi connectivity index (χ0n) is 10.0. The smallest absolute Gasteiger partial charge is 0.243 e. The van der Waals surface area contributed by atoms with E-state index in [1.807, 2.05) is 0 Å². The minimum Gasteiger partial charge on any atom is -0.313 e. The summed E-state index contributed by atoms with van der Waals surface area (Å²) in [6.45, 7) is 1.03. The third-order valence-electron chi connectivity index (χ3n) is 2.86. The van der Waals surface area contributed by atoms with Crippen molar-refractivity contribution in [1.29, 1.82) is 0 Å². The van der Waals surface area contributed by atoms with Crippen LogP contribution in [0.25, 0.3) is 0 Å². The molecule has 0 amide bonds. The molecule has 1 aromatic rings. The minimum atomic E-state index is -4.01. The predicted molar refractivity (Wildman–Crippen MR) is 69.8 cm³/mol. The van der Waals surface area contributed by atoms with Gasteiger partial charge < -0.3 is 5.32 Å². The third kappa shape index (κ3) is 4.10. The molecule has 0 aromatic heterocycles. The summed E-state index contributed by atoms with van der Waals surface area (Å²) < 4.78 is 52.2. The molecule has 1 fully saturated rings. The van der Waals surface area contributed by atoms with Crippen LogP contribution in [0, 0.1) is 11.6 Å². The van der Waals surface area contributed by atoms with Gasteiger partial charge in [0.2, 0.25) is 10.0 Å². The van der Waals surface area contributed by atoms with Gasteiger partial charge in [-0.3, -0.25) is 0 Å². The van der Waals surface area contributed by atoms with Gasteiger partial charge in [-0.2, -0.15) is 0 Å². The molecule has 108 valence electrons. The molecule has 0 spiro atoms. The second-order valence-electron chi connectivity index (χ2n) is 4.22. The van der Waals surface area contributed by atoms with E-state index in [2.05, 4.69) is 10.0 Å². The van der Waals surface area contributed by atoms with Crippen LogP contribution in [-0.4, -0.2) is 27.5 Å². The van der Waals surface area contributed by atoms with E-state index in [1.54, 1.807) is 0 Å². The Hall–Kier alpha value is -0.760. The first kappa shape index (κ1) is 16.3. The maximum atomic E-state index is 13.4. The molecule has 1 saturated heterocycles. The first-order valence-corrected chi connectivity index (χ1v) is 7.15. The summed E-state index contributed by atoms with van der Waals surface area (Å²) in [4.78, 5) is -0.652. The normalized spacial score (nSPS) is 19.2. The molecule has 0 bridgehead atoms. The van der Waals surface area contributed by atoms with Gasteiger partial charge in [-0.25, -0.2) is 21.9 Å². The van der Waals surface area contributed by atoms with Crippen LogP contribution in [0.2, 0.25) is 0 Å². The lowest BCUT2D eigenvalue weighted by Gasteiger charge is -2.12. The Morgan fingerprint density at radius 3 is 2.74 bits per heavy atom. The molecule has 1 atom stereocenters. The fourth-order valence-corrected chi connectivity index (χ4v) is 3.07. The Balaban J connectivity index is 0.00000180. The lowest BCUT2D eigenvalue weighted by Crippen LogP contribution is -2.37. The summed E-state index contributed by atoms with van der Waals surface area (Å²) in [7, 11) is -4.01. The van der Waals surface area contributed by atoms with Crippen LogP contribution in [0.1, 0.15) is 12.8 Å². The second kappa shape index (κ2) is 6.60. The van der Waals surface area contributed by atoms with Crippen LogP contribution < -0.4 is 10.0 Å². The van der Waals surface area contributed by atoms with E-state index >= 15 is 0 Å². The molecule has 2 rings (SSSR count).